The van der Waals surface area contributed by atoms with Crippen molar-refractivity contribution in [2.24, 2.45) is 5.92 Å². The summed E-state index contributed by atoms with van der Waals surface area (Å²) in [6, 6.07) is 6.61. The second-order valence-corrected chi connectivity index (χ2v) is 5.77. The Balaban J connectivity index is 2.16. The number of carbonyl (C=O) groups is 1. The minimum Gasteiger partial charge on any atom is -0.396 e. The fourth-order valence-electron chi connectivity index (χ4n) is 2.77. The van der Waals surface area contributed by atoms with E-state index >= 15 is 0 Å². The molecular weight excluding hydrogens is 269 g/mol. The van der Waals surface area contributed by atoms with Crippen LogP contribution in [0.4, 0.5) is 4.39 Å². The van der Waals surface area contributed by atoms with Crippen LogP contribution in [0.25, 0.3) is 5.57 Å². The molecule has 1 aliphatic heterocycles. The molecule has 0 bridgehead atoms. The number of likely N-dealkylation sites (tertiary alicyclic amines) is 1. The van der Waals surface area contributed by atoms with E-state index in [0.717, 1.165) is 12.8 Å². The lowest BCUT2D eigenvalue weighted by molar-refractivity contribution is -0.130. The molecular formula is C17H22FNO2. The summed E-state index contributed by atoms with van der Waals surface area (Å²) in [4.78, 5) is 14.2. The van der Waals surface area contributed by atoms with Crippen LogP contribution in [0, 0.1) is 11.7 Å². The van der Waals surface area contributed by atoms with E-state index in [-0.39, 0.29) is 30.3 Å². The Morgan fingerprint density at radius 1 is 1.43 bits per heavy atom. The summed E-state index contributed by atoms with van der Waals surface area (Å²) >= 11 is 0. The van der Waals surface area contributed by atoms with Crippen molar-refractivity contribution in [1.82, 2.24) is 4.90 Å². The zero-order valence-corrected chi connectivity index (χ0v) is 12.6. The number of rotatable bonds is 3. The molecule has 0 aromatic heterocycles. The molecule has 114 valence electrons. The number of aliphatic hydroxyl groups is 1. The average Bonchev–Trinajstić information content (AvgIpc) is 2.48. The van der Waals surface area contributed by atoms with E-state index in [1.807, 2.05) is 6.92 Å². The number of hydrogen-bond donors (Lipinski definition) is 1. The van der Waals surface area contributed by atoms with Crippen molar-refractivity contribution in [3.63, 3.8) is 0 Å². The van der Waals surface area contributed by atoms with E-state index in [1.165, 1.54) is 12.1 Å². The second kappa shape index (κ2) is 6.85. The number of allylic oxidation sites excluding steroid dienone is 1. The lowest BCUT2D eigenvalue weighted by atomic mass is 9.94. The van der Waals surface area contributed by atoms with Gasteiger partial charge in [0, 0.05) is 30.8 Å². The average molecular weight is 291 g/mol. The summed E-state index contributed by atoms with van der Waals surface area (Å²) in [5, 5.41) is 9.27. The highest BCUT2D eigenvalue weighted by atomic mass is 19.1. The maximum Gasteiger partial charge on any atom is 0.247 e. The normalized spacial score (nSPS) is 23.2. The number of benzene rings is 1. The van der Waals surface area contributed by atoms with Gasteiger partial charge in [0.25, 0.3) is 0 Å². The zero-order chi connectivity index (χ0) is 15.4. The molecule has 2 unspecified atom stereocenters. The number of amides is 1. The van der Waals surface area contributed by atoms with Crippen LogP contribution in [0.5, 0.6) is 0 Å². The third kappa shape index (κ3) is 3.70. The molecule has 1 aliphatic rings. The van der Waals surface area contributed by atoms with E-state index < -0.39 is 0 Å². The lowest BCUT2D eigenvalue weighted by Gasteiger charge is -2.37. The summed E-state index contributed by atoms with van der Waals surface area (Å²) in [5.41, 5.74) is 1.07. The SMILES string of the molecule is C/C(=C/C(=O)N1CC(CO)CCC1C)c1ccccc1F. The maximum absolute atomic E-state index is 13.7. The summed E-state index contributed by atoms with van der Waals surface area (Å²) < 4.78 is 13.7. The molecule has 0 spiro atoms. The van der Waals surface area contributed by atoms with Crippen LogP contribution in [-0.2, 0) is 4.79 Å². The Morgan fingerprint density at radius 2 is 2.14 bits per heavy atom. The smallest absolute Gasteiger partial charge is 0.247 e. The van der Waals surface area contributed by atoms with Crippen molar-refractivity contribution < 1.29 is 14.3 Å². The van der Waals surface area contributed by atoms with Gasteiger partial charge in [-0.05, 0) is 44.2 Å². The number of carbonyl (C=O) groups excluding carboxylic acids is 1. The summed E-state index contributed by atoms with van der Waals surface area (Å²) in [6.07, 6.45) is 3.33. The van der Waals surface area contributed by atoms with E-state index in [9.17, 15) is 14.3 Å². The molecule has 2 rings (SSSR count). The minimum atomic E-state index is -0.320. The molecule has 3 nitrogen and oxygen atoms in total. The molecule has 0 aliphatic carbocycles. The van der Waals surface area contributed by atoms with Crippen molar-refractivity contribution in [3.8, 4) is 0 Å². The molecule has 1 saturated heterocycles. The summed E-state index contributed by atoms with van der Waals surface area (Å²) in [5.74, 6) is -0.285. The first-order valence-corrected chi connectivity index (χ1v) is 7.37. The lowest BCUT2D eigenvalue weighted by Crippen LogP contribution is -2.45. The van der Waals surface area contributed by atoms with Gasteiger partial charge in [-0.2, -0.15) is 0 Å². The molecule has 1 aromatic rings. The first-order valence-electron chi connectivity index (χ1n) is 7.37. The Labute approximate surface area is 125 Å². The molecule has 1 aromatic carbocycles. The molecule has 1 heterocycles. The monoisotopic (exact) mass is 291 g/mol. The van der Waals surface area contributed by atoms with Gasteiger partial charge in [-0.15, -0.1) is 0 Å². The Kier molecular flexibility index (Phi) is 5.12. The van der Waals surface area contributed by atoms with Gasteiger partial charge in [-0.3, -0.25) is 4.79 Å². The first kappa shape index (κ1) is 15.7. The quantitative estimate of drug-likeness (QED) is 0.870. The van der Waals surface area contributed by atoms with Crippen molar-refractivity contribution in [2.45, 2.75) is 32.7 Å². The van der Waals surface area contributed by atoms with Crippen LogP contribution in [0.3, 0.4) is 0 Å². The second-order valence-electron chi connectivity index (χ2n) is 5.77. The van der Waals surface area contributed by atoms with Gasteiger partial charge in [0.1, 0.15) is 5.82 Å². The fraction of sp³-hybridized carbons (Fsp3) is 0.471. The summed E-state index contributed by atoms with van der Waals surface area (Å²) in [7, 11) is 0. The van der Waals surface area contributed by atoms with Crippen molar-refractivity contribution in [3.05, 3.63) is 41.7 Å². The van der Waals surface area contributed by atoms with Crippen LogP contribution >= 0.6 is 0 Å². The first-order chi connectivity index (χ1) is 10.0. The molecule has 4 heteroatoms. The van der Waals surface area contributed by atoms with Gasteiger partial charge in [0.2, 0.25) is 5.91 Å². The van der Waals surface area contributed by atoms with Gasteiger partial charge >= 0.3 is 0 Å². The Hall–Kier alpha value is -1.68. The third-order valence-electron chi connectivity index (χ3n) is 4.16. The molecule has 0 saturated carbocycles. The number of piperidine rings is 1. The van der Waals surface area contributed by atoms with Crippen LogP contribution in [0.2, 0.25) is 0 Å². The standard InChI is InChI=1S/C17H22FNO2/c1-12(15-5-3-4-6-16(15)18)9-17(21)19-10-14(11-20)8-7-13(19)2/h3-6,9,13-14,20H,7-8,10-11H2,1-2H3/b12-9-. The number of aliphatic hydroxyl groups excluding tert-OH is 1. The predicted molar refractivity (Wildman–Crippen MR) is 81.0 cm³/mol. The predicted octanol–water partition coefficient (Wildman–Crippen LogP) is 2.85. The Bertz CT molecular complexity index is 541. The molecule has 1 fully saturated rings. The van der Waals surface area contributed by atoms with Crippen molar-refractivity contribution in [1.29, 1.82) is 0 Å². The van der Waals surface area contributed by atoms with Crippen LogP contribution in [0.15, 0.2) is 30.3 Å². The van der Waals surface area contributed by atoms with Crippen LogP contribution < -0.4 is 0 Å². The molecule has 2 atom stereocenters. The topological polar surface area (TPSA) is 40.5 Å². The maximum atomic E-state index is 13.7. The molecule has 0 radical (unpaired) electrons. The van der Waals surface area contributed by atoms with Gasteiger partial charge in [-0.1, -0.05) is 18.2 Å². The number of hydrogen-bond acceptors (Lipinski definition) is 2. The fourth-order valence-corrected chi connectivity index (χ4v) is 2.77. The van der Waals surface area contributed by atoms with Crippen molar-refractivity contribution in [2.75, 3.05) is 13.2 Å². The van der Waals surface area contributed by atoms with Crippen LogP contribution in [-0.4, -0.2) is 35.1 Å². The number of nitrogens with zero attached hydrogens (tertiary/aromatic N) is 1. The largest absolute Gasteiger partial charge is 0.396 e. The van der Waals surface area contributed by atoms with Gasteiger partial charge in [0.15, 0.2) is 0 Å². The minimum absolute atomic E-state index is 0.104. The van der Waals surface area contributed by atoms with Gasteiger partial charge in [-0.25, -0.2) is 4.39 Å². The molecule has 1 amide bonds. The van der Waals surface area contributed by atoms with E-state index in [1.54, 1.807) is 30.0 Å². The van der Waals surface area contributed by atoms with Crippen molar-refractivity contribution >= 4 is 11.5 Å². The summed E-state index contributed by atoms with van der Waals surface area (Å²) in [6.45, 7) is 4.43. The highest BCUT2D eigenvalue weighted by Gasteiger charge is 2.27. The zero-order valence-electron chi connectivity index (χ0n) is 12.6. The van der Waals surface area contributed by atoms with Crippen LogP contribution in [0.1, 0.15) is 32.3 Å². The van der Waals surface area contributed by atoms with Gasteiger partial charge in [0.05, 0.1) is 0 Å². The number of halogens is 1. The Morgan fingerprint density at radius 3 is 2.81 bits per heavy atom. The molecule has 1 N–H and O–H groups in total. The third-order valence-corrected chi connectivity index (χ3v) is 4.16. The van der Waals surface area contributed by atoms with E-state index in [4.69, 9.17) is 0 Å². The highest BCUT2D eigenvalue weighted by Crippen LogP contribution is 2.23. The van der Waals surface area contributed by atoms with E-state index in [2.05, 4.69) is 0 Å². The molecule has 21 heavy (non-hydrogen) atoms. The van der Waals surface area contributed by atoms with Gasteiger partial charge < -0.3 is 10.0 Å². The highest BCUT2D eigenvalue weighted by molar-refractivity contribution is 5.95. The van der Waals surface area contributed by atoms with E-state index in [0.29, 0.717) is 17.7 Å².